The predicted octanol–water partition coefficient (Wildman–Crippen LogP) is 1.45. The fraction of sp³-hybridized carbons (Fsp3) is 0.286. The lowest BCUT2D eigenvalue weighted by atomic mass is 10.2. The first-order chi connectivity index (χ1) is 10.2. The third-order valence-corrected chi connectivity index (χ3v) is 3.38. The Kier molecular flexibility index (Phi) is 3.39. The number of benzene rings is 1. The number of hydrogen-bond acceptors (Lipinski definition) is 5. The molecule has 1 aliphatic heterocycles. The van der Waals surface area contributed by atoms with Gasteiger partial charge in [-0.1, -0.05) is 17.4 Å². The SMILES string of the molecule is COC(=O)c1ccc2c(c1)nnn2C(=O)N1CC=CCC1. The first kappa shape index (κ1) is 13.3. The number of carbonyl (C=O) groups excluding carboxylic acids is 2. The molecule has 1 amide bonds. The van der Waals surface area contributed by atoms with E-state index in [1.54, 1.807) is 23.1 Å². The zero-order valence-corrected chi connectivity index (χ0v) is 11.5. The smallest absolute Gasteiger partial charge is 0.346 e. The molecular formula is C14H14N4O3. The molecule has 1 aromatic heterocycles. The number of hydrogen-bond donors (Lipinski definition) is 0. The third kappa shape index (κ3) is 2.37. The van der Waals surface area contributed by atoms with E-state index in [4.69, 9.17) is 0 Å². The van der Waals surface area contributed by atoms with E-state index in [1.807, 2.05) is 12.2 Å². The number of nitrogens with zero attached hydrogens (tertiary/aromatic N) is 4. The lowest BCUT2D eigenvalue weighted by Gasteiger charge is -2.22. The summed E-state index contributed by atoms with van der Waals surface area (Å²) in [7, 11) is 1.32. The standard InChI is InChI=1S/C14H14N4O3/c1-21-13(19)10-5-6-12-11(9-10)15-16-18(12)14(20)17-7-3-2-4-8-17/h2-3,5-6,9H,4,7-8H2,1H3. The normalized spacial score (nSPS) is 14.4. The van der Waals surface area contributed by atoms with Crippen molar-refractivity contribution in [3.8, 4) is 0 Å². The van der Waals surface area contributed by atoms with E-state index < -0.39 is 5.97 Å². The molecule has 2 heterocycles. The van der Waals surface area contributed by atoms with Crippen molar-refractivity contribution in [3.05, 3.63) is 35.9 Å². The maximum atomic E-state index is 12.4. The van der Waals surface area contributed by atoms with Crippen molar-refractivity contribution >= 4 is 23.0 Å². The molecule has 7 heteroatoms. The Morgan fingerprint density at radius 3 is 2.86 bits per heavy atom. The second-order valence-corrected chi connectivity index (χ2v) is 4.68. The van der Waals surface area contributed by atoms with Crippen LogP contribution in [0.4, 0.5) is 4.79 Å². The molecule has 0 saturated carbocycles. The van der Waals surface area contributed by atoms with Crippen LogP contribution in [0.2, 0.25) is 0 Å². The lowest BCUT2D eigenvalue weighted by Crippen LogP contribution is -2.37. The van der Waals surface area contributed by atoms with Gasteiger partial charge in [0.1, 0.15) is 5.52 Å². The average Bonchev–Trinajstić information content (AvgIpc) is 2.97. The molecule has 2 aromatic rings. The topological polar surface area (TPSA) is 77.3 Å². The molecule has 0 atom stereocenters. The van der Waals surface area contributed by atoms with Crippen LogP contribution in [0.5, 0.6) is 0 Å². The van der Waals surface area contributed by atoms with Gasteiger partial charge < -0.3 is 9.64 Å². The third-order valence-electron chi connectivity index (χ3n) is 3.38. The predicted molar refractivity (Wildman–Crippen MR) is 75.0 cm³/mol. The molecule has 0 radical (unpaired) electrons. The maximum absolute atomic E-state index is 12.4. The second kappa shape index (κ2) is 5.35. The largest absolute Gasteiger partial charge is 0.465 e. The molecule has 21 heavy (non-hydrogen) atoms. The van der Waals surface area contributed by atoms with Crippen molar-refractivity contribution in [2.24, 2.45) is 0 Å². The summed E-state index contributed by atoms with van der Waals surface area (Å²) in [6.07, 6.45) is 4.84. The number of aromatic nitrogens is 3. The number of methoxy groups -OCH3 is 1. The minimum atomic E-state index is -0.445. The highest BCUT2D eigenvalue weighted by molar-refractivity contribution is 5.95. The van der Waals surface area contributed by atoms with Gasteiger partial charge in [-0.05, 0) is 24.6 Å². The van der Waals surface area contributed by atoms with Gasteiger partial charge in [0.15, 0.2) is 0 Å². The van der Waals surface area contributed by atoms with E-state index in [0.717, 1.165) is 6.42 Å². The van der Waals surface area contributed by atoms with Gasteiger partial charge >= 0.3 is 12.0 Å². The fourth-order valence-corrected chi connectivity index (χ4v) is 2.26. The highest BCUT2D eigenvalue weighted by atomic mass is 16.5. The molecular weight excluding hydrogens is 272 g/mol. The van der Waals surface area contributed by atoms with Crippen LogP contribution < -0.4 is 0 Å². The van der Waals surface area contributed by atoms with E-state index in [2.05, 4.69) is 15.0 Å². The quantitative estimate of drug-likeness (QED) is 0.585. The minimum absolute atomic E-state index is 0.215. The Balaban J connectivity index is 1.95. The molecule has 1 aliphatic rings. The molecule has 0 fully saturated rings. The first-order valence-corrected chi connectivity index (χ1v) is 6.59. The second-order valence-electron chi connectivity index (χ2n) is 4.68. The molecule has 0 spiro atoms. The number of rotatable bonds is 1. The summed E-state index contributed by atoms with van der Waals surface area (Å²) in [6, 6.07) is 4.60. The fourth-order valence-electron chi connectivity index (χ4n) is 2.26. The number of ether oxygens (including phenoxy) is 1. The van der Waals surface area contributed by atoms with E-state index in [-0.39, 0.29) is 6.03 Å². The zero-order chi connectivity index (χ0) is 14.8. The highest BCUT2D eigenvalue weighted by Crippen LogP contribution is 2.15. The molecule has 0 unspecified atom stereocenters. The minimum Gasteiger partial charge on any atom is -0.465 e. The Hall–Kier alpha value is -2.70. The van der Waals surface area contributed by atoms with Crippen LogP contribution in [0.25, 0.3) is 11.0 Å². The van der Waals surface area contributed by atoms with E-state index >= 15 is 0 Å². The summed E-state index contributed by atoms with van der Waals surface area (Å²) in [6.45, 7) is 1.23. The van der Waals surface area contributed by atoms with Gasteiger partial charge in [-0.25, -0.2) is 9.59 Å². The van der Waals surface area contributed by atoms with Crippen LogP contribution in [0.1, 0.15) is 16.8 Å². The van der Waals surface area contributed by atoms with Gasteiger partial charge in [0.25, 0.3) is 0 Å². The summed E-state index contributed by atoms with van der Waals surface area (Å²) >= 11 is 0. The van der Waals surface area contributed by atoms with Crippen molar-refractivity contribution in [1.82, 2.24) is 19.9 Å². The Morgan fingerprint density at radius 1 is 1.29 bits per heavy atom. The van der Waals surface area contributed by atoms with E-state index in [1.165, 1.54) is 11.8 Å². The number of carbonyl (C=O) groups is 2. The van der Waals surface area contributed by atoms with Gasteiger partial charge in [-0.3, -0.25) is 0 Å². The Bertz CT molecular complexity index is 735. The first-order valence-electron chi connectivity index (χ1n) is 6.59. The van der Waals surface area contributed by atoms with Crippen molar-refractivity contribution in [1.29, 1.82) is 0 Å². The van der Waals surface area contributed by atoms with Gasteiger partial charge in [-0.15, -0.1) is 5.10 Å². The van der Waals surface area contributed by atoms with E-state index in [0.29, 0.717) is 29.7 Å². The Morgan fingerprint density at radius 2 is 2.14 bits per heavy atom. The summed E-state index contributed by atoms with van der Waals surface area (Å²) in [5.74, 6) is -0.445. The summed E-state index contributed by atoms with van der Waals surface area (Å²) in [5.41, 5.74) is 1.44. The van der Waals surface area contributed by atoms with Crippen molar-refractivity contribution in [2.45, 2.75) is 6.42 Å². The van der Waals surface area contributed by atoms with E-state index in [9.17, 15) is 9.59 Å². The molecule has 3 rings (SSSR count). The van der Waals surface area contributed by atoms with Crippen LogP contribution >= 0.6 is 0 Å². The van der Waals surface area contributed by atoms with Gasteiger partial charge in [-0.2, -0.15) is 4.68 Å². The zero-order valence-electron chi connectivity index (χ0n) is 11.5. The monoisotopic (exact) mass is 286 g/mol. The van der Waals surface area contributed by atoms with Crippen LogP contribution in [-0.4, -0.2) is 52.1 Å². The molecule has 0 saturated heterocycles. The Labute approximate surface area is 120 Å². The molecule has 0 aliphatic carbocycles. The summed E-state index contributed by atoms with van der Waals surface area (Å²) in [4.78, 5) is 25.6. The summed E-state index contributed by atoms with van der Waals surface area (Å²) < 4.78 is 5.92. The molecule has 0 bridgehead atoms. The average molecular weight is 286 g/mol. The van der Waals surface area contributed by atoms with Gasteiger partial charge in [0.05, 0.1) is 18.2 Å². The van der Waals surface area contributed by atoms with Crippen LogP contribution in [0.15, 0.2) is 30.4 Å². The van der Waals surface area contributed by atoms with Crippen molar-refractivity contribution in [2.75, 3.05) is 20.2 Å². The summed E-state index contributed by atoms with van der Waals surface area (Å²) in [5, 5.41) is 7.85. The van der Waals surface area contributed by atoms with Crippen LogP contribution in [0, 0.1) is 0 Å². The molecule has 1 aromatic carbocycles. The highest BCUT2D eigenvalue weighted by Gasteiger charge is 2.20. The number of esters is 1. The van der Waals surface area contributed by atoms with Crippen molar-refractivity contribution < 1.29 is 14.3 Å². The van der Waals surface area contributed by atoms with Crippen molar-refractivity contribution in [3.63, 3.8) is 0 Å². The molecule has 108 valence electrons. The number of fused-ring (bicyclic) bond motifs is 1. The molecule has 0 N–H and O–H groups in total. The van der Waals surface area contributed by atoms with Gasteiger partial charge in [0, 0.05) is 13.1 Å². The van der Waals surface area contributed by atoms with Gasteiger partial charge in [0.2, 0.25) is 0 Å². The lowest BCUT2D eigenvalue weighted by molar-refractivity contribution is 0.0601. The van der Waals surface area contributed by atoms with Crippen LogP contribution in [-0.2, 0) is 4.74 Å². The maximum Gasteiger partial charge on any atom is 0.346 e. The molecule has 7 nitrogen and oxygen atoms in total. The number of amides is 1. The van der Waals surface area contributed by atoms with Crippen LogP contribution in [0.3, 0.4) is 0 Å².